The van der Waals surface area contributed by atoms with Gasteiger partial charge >= 0.3 is 0 Å². The summed E-state index contributed by atoms with van der Waals surface area (Å²) in [7, 11) is 3.25. The molecule has 3 aliphatic heterocycles. The van der Waals surface area contributed by atoms with Gasteiger partial charge in [-0.1, -0.05) is 11.2 Å². The van der Waals surface area contributed by atoms with Crippen molar-refractivity contribution < 1.29 is 28.4 Å². The zero-order valence-corrected chi connectivity index (χ0v) is 23.7. The number of aryl methyl sites for hydroxylation is 3. The lowest BCUT2D eigenvalue weighted by Gasteiger charge is -2.51. The number of ether oxygens (including phenoxy) is 2. The fraction of sp³-hybridized carbons (Fsp3) is 0.600. The first-order valence-corrected chi connectivity index (χ1v) is 14.4. The fourth-order valence-corrected chi connectivity index (χ4v) is 6.70. The zero-order chi connectivity index (χ0) is 28.2. The number of piperidine rings is 2. The molecule has 4 bridgehead atoms. The normalized spacial score (nSPS) is 24.2. The number of benzene rings is 1. The molecule has 3 atom stereocenters. The van der Waals surface area contributed by atoms with Crippen LogP contribution >= 0.6 is 0 Å². The highest BCUT2D eigenvalue weighted by molar-refractivity contribution is 5.92. The molecule has 0 aliphatic carbocycles. The Morgan fingerprint density at radius 1 is 1.02 bits per heavy atom. The van der Waals surface area contributed by atoms with Crippen molar-refractivity contribution in [2.45, 2.75) is 64.3 Å². The van der Waals surface area contributed by atoms with Crippen LogP contribution < -0.4 is 14.8 Å². The number of hydrogen-bond donors (Lipinski definition) is 1. The molecule has 0 spiro atoms. The Kier molecular flexibility index (Phi) is 8.61. The molecule has 0 unspecified atom stereocenters. The maximum atomic E-state index is 13.7. The Hall–Kier alpha value is -3.56. The second-order valence-corrected chi connectivity index (χ2v) is 11.3. The number of aromatic nitrogens is 1. The second-order valence-electron chi connectivity index (χ2n) is 11.3. The van der Waals surface area contributed by atoms with E-state index in [1.165, 1.54) is 0 Å². The topological polar surface area (TPSA) is 114 Å². The van der Waals surface area contributed by atoms with Gasteiger partial charge in [-0.15, -0.1) is 0 Å². The van der Waals surface area contributed by atoms with Gasteiger partial charge in [0.15, 0.2) is 17.2 Å². The molecular weight excluding hydrogens is 512 g/mol. The monoisotopic (exact) mass is 552 g/mol. The molecule has 2 fully saturated rings. The predicted molar refractivity (Wildman–Crippen MR) is 147 cm³/mol. The summed E-state index contributed by atoms with van der Waals surface area (Å²) in [5.74, 6) is 2.36. The summed E-state index contributed by atoms with van der Waals surface area (Å²) in [6, 6.07) is 5.71. The molecule has 3 aliphatic rings. The summed E-state index contributed by atoms with van der Waals surface area (Å²) in [4.78, 5) is 43.4. The van der Waals surface area contributed by atoms with E-state index in [2.05, 4.69) is 16.5 Å². The molecule has 0 saturated carbocycles. The third kappa shape index (κ3) is 6.10. The van der Waals surface area contributed by atoms with Crippen LogP contribution in [-0.4, -0.2) is 79.1 Å². The van der Waals surface area contributed by atoms with E-state index in [-0.39, 0.29) is 35.6 Å². The Bertz CT molecular complexity index is 1240. The molecule has 1 N–H and O–H groups in total. The van der Waals surface area contributed by atoms with Crippen molar-refractivity contribution in [1.29, 1.82) is 0 Å². The number of amides is 3. The number of methoxy groups -OCH3 is 2. The summed E-state index contributed by atoms with van der Waals surface area (Å²) < 4.78 is 16.4. The van der Waals surface area contributed by atoms with E-state index in [1.807, 2.05) is 15.9 Å². The largest absolute Gasteiger partial charge is 0.493 e. The van der Waals surface area contributed by atoms with E-state index < -0.39 is 0 Å². The number of carbonyl (C=O) groups excluding carboxylic acids is 3. The summed E-state index contributed by atoms with van der Waals surface area (Å²) in [5.41, 5.74) is 2.38. The van der Waals surface area contributed by atoms with Crippen molar-refractivity contribution in [3.8, 4) is 11.5 Å². The Labute approximate surface area is 235 Å². The molecule has 1 aromatic heterocycles. The van der Waals surface area contributed by atoms with Crippen LogP contribution in [0.4, 0.5) is 0 Å². The molecule has 1 aromatic carbocycles. The Morgan fingerprint density at radius 3 is 2.62 bits per heavy atom. The Morgan fingerprint density at radius 2 is 1.88 bits per heavy atom. The van der Waals surface area contributed by atoms with Gasteiger partial charge in [0.2, 0.25) is 11.8 Å². The highest BCUT2D eigenvalue weighted by Gasteiger charge is 2.43. The lowest BCUT2D eigenvalue weighted by molar-refractivity contribution is -0.140. The van der Waals surface area contributed by atoms with Gasteiger partial charge in [0, 0.05) is 51.1 Å². The number of likely N-dealkylation sites (tertiary alicyclic amines) is 1. The standard InChI is InChI=1S/C30H40N4O6/c1-19-12-24(32-40-19)30(37)33-16-21-14-23(18-33)25-7-4-8-27(35)31-11-5-6-22-13-20(9-10-28(36)34(25)17-21)15-26(38-2)29(22)39-3/h12-13,15,21,23,25H,4-11,14,16-18H2,1-3H3,(H,31,35)/t21-,23-,25-/m0/s1. The van der Waals surface area contributed by atoms with Crippen LogP contribution in [0.15, 0.2) is 22.7 Å². The number of carbonyl (C=O) groups is 3. The molecule has 2 aromatic rings. The van der Waals surface area contributed by atoms with Crippen molar-refractivity contribution in [1.82, 2.24) is 20.3 Å². The highest BCUT2D eigenvalue weighted by atomic mass is 16.5. The van der Waals surface area contributed by atoms with Crippen LogP contribution in [0.3, 0.4) is 0 Å². The molecule has 40 heavy (non-hydrogen) atoms. The van der Waals surface area contributed by atoms with Gasteiger partial charge in [-0.05, 0) is 74.5 Å². The predicted octanol–water partition coefficient (Wildman–Crippen LogP) is 3.15. The van der Waals surface area contributed by atoms with Gasteiger partial charge in [0.1, 0.15) is 5.76 Å². The molecule has 10 nitrogen and oxygen atoms in total. The highest BCUT2D eigenvalue weighted by Crippen LogP contribution is 2.37. The van der Waals surface area contributed by atoms with E-state index in [0.29, 0.717) is 74.8 Å². The van der Waals surface area contributed by atoms with Crippen LogP contribution in [0.25, 0.3) is 0 Å². The average molecular weight is 553 g/mol. The van der Waals surface area contributed by atoms with Crippen molar-refractivity contribution >= 4 is 17.7 Å². The summed E-state index contributed by atoms with van der Waals surface area (Å²) in [6.45, 7) is 4.15. The van der Waals surface area contributed by atoms with Gasteiger partial charge in [-0.3, -0.25) is 14.4 Å². The van der Waals surface area contributed by atoms with Crippen LogP contribution in [0.2, 0.25) is 0 Å². The van der Waals surface area contributed by atoms with Crippen LogP contribution in [0.1, 0.15) is 65.9 Å². The molecule has 2 saturated heterocycles. The number of hydrogen-bond acceptors (Lipinski definition) is 7. The number of nitrogens with one attached hydrogen (secondary N) is 1. The quantitative estimate of drug-likeness (QED) is 0.622. The lowest BCUT2D eigenvalue weighted by atomic mass is 9.77. The number of nitrogens with zero attached hydrogens (tertiary/aromatic N) is 3. The van der Waals surface area contributed by atoms with E-state index in [4.69, 9.17) is 14.0 Å². The van der Waals surface area contributed by atoms with Crippen molar-refractivity contribution in [3.05, 3.63) is 40.8 Å². The summed E-state index contributed by atoms with van der Waals surface area (Å²) in [6.07, 6.45) is 5.35. The van der Waals surface area contributed by atoms with E-state index in [0.717, 1.165) is 36.8 Å². The third-order valence-electron chi connectivity index (χ3n) is 8.52. The fourth-order valence-electron chi connectivity index (χ4n) is 6.70. The summed E-state index contributed by atoms with van der Waals surface area (Å²) in [5, 5.41) is 6.97. The number of fused-ring (bicyclic) bond motifs is 6. The van der Waals surface area contributed by atoms with Crippen LogP contribution in [-0.2, 0) is 22.4 Å². The maximum Gasteiger partial charge on any atom is 0.276 e. The molecule has 3 amide bonds. The van der Waals surface area contributed by atoms with E-state index in [9.17, 15) is 14.4 Å². The minimum absolute atomic E-state index is 0.0138. The van der Waals surface area contributed by atoms with Gasteiger partial charge in [0.25, 0.3) is 5.91 Å². The average Bonchev–Trinajstić information content (AvgIpc) is 3.39. The van der Waals surface area contributed by atoms with Gasteiger partial charge in [-0.25, -0.2) is 0 Å². The Balaban J connectivity index is 1.37. The molecule has 4 heterocycles. The van der Waals surface area contributed by atoms with Crippen molar-refractivity contribution in [2.24, 2.45) is 11.8 Å². The zero-order valence-electron chi connectivity index (χ0n) is 23.7. The van der Waals surface area contributed by atoms with Crippen molar-refractivity contribution in [3.63, 3.8) is 0 Å². The van der Waals surface area contributed by atoms with Crippen LogP contribution in [0.5, 0.6) is 11.5 Å². The van der Waals surface area contributed by atoms with Gasteiger partial charge in [-0.2, -0.15) is 0 Å². The third-order valence-corrected chi connectivity index (χ3v) is 8.52. The van der Waals surface area contributed by atoms with Crippen molar-refractivity contribution in [2.75, 3.05) is 40.4 Å². The molecule has 216 valence electrons. The molecular formula is C30H40N4O6. The van der Waals surface area contributed by atoms with Gasteiger partial charge < -0.3 is 29.1 Å². The summed E-state index contributed by atoms with van der Waals surface area (Å²) >= 11 is 0. The van der Waals surface area contributed by atoms with E-state index in [1.54, 1.807) is 27.2 Å². The second kappa shape index (κ2) is 12.3. The minimum Gasteiger partial charge on any atom is -0.493 e. The minimum atomic E-state index is -0.122. The van der Waals surface area contributed by atoms with E-state index >= 15 is 0 Å². The van der Waals surface area contributed by atoms with Crippen LogP contribution in [0, 0.1) is 18.8 Å². The SMILES string of the molecule is COc1cc2cc(c1OC)CCCNC(=O)CCC[C@H]1[C@H]3C[C@@H](CN(C(=O)c4cc(C)on4)C3)CN1C(=O)CC2. The first-order valence-electron chi connectivity index (χ1n) is 14.4. The smallest absolute Gasteiger partial charge is 0.276 e. The lowest BCUT2D eigenvalue weighted by Crippen LogP contribution is -2.60. The first kappa shape index (κ1) is 28.0. The number of rotatable bonds is 3. The molecule has 5 rings (SSSR count). The molecule has 10 heteroatoms. The maximum absolute atomic E-state index is 13.7. The first-order chi connectivity index (χ1) is 19.4. The van der Waals surface area contributed by atoms with Gasteiger partial charge in [0.05, 0.1) is 14.2 Å². The molecule has 0 radical (unpaired) electrons.